The number of carbonyl (C=O) groups excluding carboxylic acids is 1. The lowest BCUT2D eigenvalue weighted by Gasteiger charge is -2.33. The first-order valence-corrected chi connectivity index (χ1v) is 9.44. The summed E-state index contributed by atoms with van der Waals surface area (Å²) in [7, 11) is 0. The Morgan fingerprint density at radius 3 is 2.52 bits per heavy atom. The molecular weight excluding hydrogens is 314 g/mol. The van der Waals surface area contributed by atoms with Crippen molar-refractivity contribution >= 4 is 5.91 Å². The molecule has 1 heterocycles. The van der Waals surface area contributed by atoms with Gasteiger partial charge in [-0.1, -0.05) is 44.2 Å². The number of amides is 1. The molecule has 1 aromatic rings. The van der Waals surface area contributed by atoms with E-state index in [2.05, 4.69) is 24.1 Å². The van der Waals surface area contributed by atoms with Crippen LogP contribution in [0.1, 0.15) is 44.8 Å². The van der Waals surface area contributed by atoms with Gasteiger partial charge in [-0.05, 0) is 49.8 Å². The summed E-state index contributed by atoms with van der Waals surface area (Å²) in [5.41, 5.74) is 6.89. The topological polar surface area (TPSA) is 78.6 Å². The summed E-state index contributed by atoms with van der Waals surface area (Å²) < 4.78 is 0. The van der Waals surface area contributed by atoms with E-state index in [1.807, 2.05) is 30.3 Å². The largest absolute Gasteiger partial charge is 0.387 e. The average molecular weight is 348 g/mol. The molecule has 1 unspecified atom stereocenters. The van der Waals surface area contributed by atoms with Crippen molar-refractivity contribution in [3.8, 4) is 0 Å². The van der Waals surface area contributed by atoms with Crippen LogP contribution in [0.2, 0.25) is 0 Å². The molecule has 1 amide bonds. The molecule has 140 valence electrons. The summed E-state index contributed by atoms with van der Waals surface area (Å²) in [5.74, 6) is 0.899. The maximum absolute atomic E-state index is 12.0. The van der Waals surface area contributed by atoms with Crippen LogP contribution in [0.3, 0.4) is 0 Å². The van der Waals surface area contributed by atoms with Crippen molar-refractivity contribution in [2.75, 3.05) is 26.2 Å². The van der Waals surface area contributed by atoms with Crippen molar-refractivity contribution < 1.29 is 9.90 Å². The highest BCUT2D eigenvalue weighted by atomic mass is 16.3. The second-order valence-electron chi connectivity index (χ2n) is 7.65. The summed E-state index contributed by atoms with van der Waals surface area (Å²) in [6.45, 7) is 7.45. The molecule has 1 aliphatic heterocycles. The third-order valence-electron chi connectivity index (χ3n) is 4.95. The first-order chi connectivity index (χ1) is 12.0. The predicted octanol–water partition coefficient (Wildman–Crippen LogP) is 1.92. The molecule has 5 heteroatoms. The number of nitrogens with one attached hydrogen (secondary N) is 1. The Balaban J connectivity index is 1.67. The number of nitrogens with two attached hydrogens (primary N) is 1. The van der Waals surface area contributed by atoms with E-state index in [1.165, 1.54) is 0 Å². The van der Waals surface area contributed by atoms with E-state index in [4.69, 9.17) is 5.73 Å². The summed E-state index contributed by atoms with van der Waals surface area (Å²) in [5, 5.41) is 13.3. The van der Waals surface area contributed by atoms with Crippen LogP contribution in [0.5, 0.6) is 0 Å². The second-order valence-corrected chi connectivity index (χ2v) is 7.65. The third-order valence-corrected chi connectivity index (χ3v) is 4.95. The molecule has 0 radical (unpaired) electrons. The minimum atomic E-state index is -0.438. The summed E-state index contributed by atoms with van der Waals surface area (Å²) >= 11 is 0. The van der Waals surface area contributed by atoms with E-state index in [0.29, 0.717) is 24.9 Å². The van der Waals surface area contributed by atoms with Crippen LogP contribution in [0.15, 0.2) is 30.3 Å². The fourth-order valence-corrected chi connectivity index (χ4v) is 3.39. The molecule has 0 saturated carbocycles. The smallest absolute Gasteiger partial charge is 0.236 e. The SMILES string of the molecule is CC(C)C[C@H](N)C(=O)NCC1CCN(CC(O)c2ccccc2)CC1. The number of hydrogen-bond acceptors (Lipinski definition) is 4. The van der Waals surface area contributed by atoms with Crippen LogP contribution in [0.25, 0.3) is 0 Å². The Labute approximate surface area is 151 Å². The van der Waals surface area contributed by atoms with Gasteiger partial charge in [0.25, 0.3) is 0 Å². The molecule has 1 fully saturated rings. The van der Waals surface area contributed by atoms with Crippen LogP contribution < -0.4 is 11.1 Å². The molecule has 0 spiro atoms. The second kappa shape index (κ2) is 9.90. The van der Waals surface area contributed by atoms with Crippen molar-refractivity contribution in [2.45, 2.75) is 45.3 Å². The Bertz CT molecular complexity index is 513. The lowest BCUT2D eigenvalue weighted by Crippen LogP contribution is -2.45. The quantitative estimate of drug-likeness (QED) is 0.671. The van der Waals surface area contributed by atoms with Gasteiger partial charge < -0.3 is 21.1 Å². The molecule has 1 saturated heterocycles. The van der Waals surface area contributed by atoms with E-state index in [9.17, 15) is 9.90 Å². The van der Waals surface area contributed by atoms with Crippen molar-refractivity contribution in [3.05, 3.63) is 35.9 Å². The maximum atomic E-state index is 12.0. The van der Waals surface area contributed by atoms with Crippen LogP contribution in [0, 0.1) is 11.8 Å². The number of rotatable bonds is 8. The minimum absolute atomic E-state index is 0.0318. The Kier molecular flexibility index (Phi) is 7.88. The standard InChI is InChI=1S/C20H33N3O2/c1-15(2)12-18(21)20(25)22-13-16-8-10-23(11-9-16)14-19(24)17-6-4-3-5-7-17/h3-7,15-16,18-19,24H,8-14,21H2,1-2H3,(H,22,25)/t18-,19?/m0/s1. The van der Waals surface area contributed by atoms with E-state index < -0.39 is 12.1 Å². The number of aliphatic hydroxyl groups is 1. The molecule has 1 aromatic carbocycles. The van der Waals surface area contributed by atoms with Crippen LogP contribution >= 0.6 is 0 Å². The molecule has 5 nitrogen and oxygen atoms in total. The summed E-state index contributed by atoms with van der Waals surface area (Å²) in [4.78, 5) is 14.3. The molecule has 4 N–H and O–H groups in total. The van der Waals surface area contributed by atoms with Gasteiger partial charge in [0.2, 0.25) is 5.91 Å². The van der Waals surface area contributed by atoms with Gasteiger partial charge in [-0.15, -0.1) is 0 Å². The zero-order valence-corrected chi connectivity index (χ0v) is 15.5. The monoisotopic (exact) mass is 347 g/mol. The number of β-amino-alcohol motifs (C(OH)–C–C–N with tert-alkyl or cyclic N) is 1. The highest BCUT2D eigenvalue weighted by Gasteiger charge is 2.23. The highest BCUT2D eigenvalue weighted by molar-refractivity contribution is 5.81. The molecule has 2 rings (SSSR count). The summed E-state index contributed by atoms with van der Waals surface area (Å²) in [6.07, 6.45) is 2.37. The van der Waals surface area contributed by atoms with Gasteiger partial charge in [0.05, 0.1) is 12.1 Å². The van der Waals surface area contributed by atoms with Crippen molar-refractivity contribution in [1.82, 2.24) is 10.2 Å². The number of hydrogen-bond donors (Lipinski definition) is 3. The average Bonchev–Trinajstić information content (AvgIpc) is 2.61. The predicted molar refractivity (Wildman–Crippen MR) is 101 cm³/mol. The number of aliphatic hydroxyl groups excluding tert-OH is 1. The first-order valence-electron chi connectivity index (χ1n) is 9.44. The number of benzene rings is 1. The maximum Gasteiger partial charge on any atom is 0.236 e. The lowest BCUT2D eigenvalue weighted by atomic mass is 9.95. The van der Waals surface area contributed by atoms with Gasteiger partial charge in [0, 0.05) is 13.1 Å². The normalized spacial score (nSPS) is 18.9. The van der Waals surface area contributed by atoms with E-state index in [-0.39, 0.29) is 5.91 Å². The van der Waals surface area contributed by atoms with Gasteiger partial charge in [-0.3, -0.25) is 4.79 Å². The van der Waals surface area contributed by atoms with E-state index in [1.54, 1.807) is 0 Å². The van der Waals surface area contributed by atoms with Crippen molar-refractivity contribution in [3.63, 3.8) is 0 Å². The molecular formula is C20H33N3O2. The molecule has 0 bridgehead atoms. The molecule has 1 aliphatic rings. The van der Waals surface area contributed by atoms with Crippen LogP contribution in [-0.4, -0.2) is 48.1 Å². The van der Waals surface area contributed by atoms with Gasteiger partial charge in [0.1, 0.15) is 0 Å². The first kappa shape index (κ1) is 19.9. The fraction of sp³-hybridized carbons (Fsp3) is 0.650. The zero-order chi connectivity index (χ0) is 18.2. The van der Waals surface area contributed by atoms with E-state index >= 15 is 0 Å². The Hall–Kier alpha value is -1.43. The van der Waals surface area contributed by atoms with Crippen molar-refractivity contribution in [1.29, 1.82) is 0 Å². The van der Waals surface area contributed by atoms with Gasteiger partial charge in [-0.2, -0.15) is 0 Å². The zero-order valence-electron chi connectivity index (χ0n) is 15.5. The Morgan fingerprint density at radius 1 is 1.28 bits per heavy atom. The van der Waals surface area contributed by atoms with E-state index in [0.717, 1.165) is 37.9 Å². The number of likely N-dealkylation sites (tertiary alicyclic amines) is 1. The highest BCUT2D eigenvalue weighted by Crippen LogP contribution is 2.20. The van der Waals surface area contributed by atoms with Crippen LogP contribution in [0.4, 0.5) is 0 Å². The van der Waals surface area contributed by atoms with Gasteiger partial charge >= 0.3 is 0 Å². The molecule has 2 atom stereocenters. The molecule has 0 aliphatic carbocycles. The van der Waals surface area contributed by atoms with Gasteiger partial charge in [-0.25, -0.2) is 0 Å². The van der Waals surface area contributed by atoms with Crippen LogP contribution in [-0.2, 0) is 4.79 Å². The number of carbonyl (C=O) groups is 1. The molecule has 25 heavy (non-hydrogen) atoms. The van der Waals surface area contributed by atoms with Crippen molar-refractivity contribution in [2.24, 2.45) is 17.6 Å². The number of piperidine rings is 1. The summed E-state index contributed by atoms with van der Waals surface area (Å²) in [6, 6.07) is 9.40. The minimum Gasteiger partial charge on any atom is -0.387 e. The van der Waals surface area contributed by atoms with Gasteiger partial charge in [0.15, 0.2) is 0 Å². The molecule has 0 aromatic heterocycles. The Morgan fingerprint density at radius 2 is 1.92 bits per heavy atom. The number of nitrogens with zero attached hydrogens (tertiary/aromatic N) is 1. The third kappa shape index (κ3) is 6.77. The lowest BCUT2D eigenvalue weighted by molar-refractivity contribution is -0.122. The fourth-order valence-electron chi connectivity index (χ4n) is 3.39.